The predicted octanol–water partition coefficient (Wildman–Crippen LogP) is 1.42. The zero-order chi connectivity index (χ0) is 8.60. The number of carboxylic acids is 1. The lowest BCUT2D eigenvalue weighted by Crippen LogP contribution is -2.36. The van der Waals surface area contributed by atoms with Gasteiger partial charge in [-0.3, -0.25) is 4.79 Å². The molecule has 1 unspecified atom stereocenters. The van der Waals surface area contributed by atoms with Crippen molar-refractivity contribution in [1.29, 1.82) is 0 Å². The topological polar surface area (TPSA) is 46.5 Å². The standard InChI is InChI=1S/C9H14O3/c10-8(11)7-3-6-12-9(7)4-1-2-5-9/h7H,1-6H2,(H,10,11). The van der Waals surface area contributed by atoms with Gasteiger partial charge in [0, 0.05) is 6.61 Å². The number of hydrogen-bond acceptors (Lipinski definition) is 2. The molecule has 2 aliphatic rings. The number of carboxylic acid groups (broad SMARTS) is 1. The molecule has 0 bridgehead atoms. The van der Waals surface area contributed by atoms with Gasteiger partial charge >= 0.3 is 5.97 Å². The van der Waals surface area contributed by atoms with E-state index in [1.807, 2.05) is 0 Å². The molecule has 0 aromatic rings. The third-order valence-electron chi connectivity index (χ3n) is 3.18. The molecule has 68 valence electrons. The highest BCUT2D eigenvalue weighted by Gasteiger charge is 2.49. The van der Waals surface area contributed by atoms with Crippen LogP contribution < -0.4 is 0 Å². The lowest BCUT2D eigenvalue weighted by Gasteiger charge is -2.26. The Balaban J connectivity index is 2.17. The molecule has 1 aliphatic carbocycles. The highest BCUT2D eigenvalue weighted by Crippen LogP contribution is 2.44. The molecule has 1 saturated heterocycles. The van der Waals surface area contributed by atoms with Crippen molar-refractivity contribution in [2.24, 2.45) is 5.92 Å². The number of ether oxygens (including phenoxy) is 1. The van der Waals surface area contributed by atoms with Crippen molar-refractivity contribution in [3.63, 3.8) is 0 Å². The summed E-state index contributed by atoms with van der Waals surface area (Å²) >= 11 is 0. The number of rotatable bonds is 1. The van der Waals surface area contributed by atoms with Gasteiger partial charge in [0.1, 0.15) is 0 Å². The first-order chi connectivity index (χ1) is 5.75. The summed E-state index contributed by atoms with van der Waals surface area (Å²) in [5, 5.41) is 8.96. The van der Waals surface area contributed by atoms with Crippen molar-refractivity contribution in [2.45, 2.75) is 37.7 Å². The molecule has 0 radical (unpaired) electrons. The fourth-order valence-electron chi connectivity index (χ4n) is 2.56. The van der Waals surface area contributed by atoms with Crippen LogP contribution in [0, 0.1) is 5.92 Å². The van der Waals surface area contributed by atoms with E-state index < -0.39 is 5.97 Å². The van der Waals surface area contributed by atoms with Crippen LogP contribution in [0.2, 0.25) is 0 Å². The third kappa shape index (κ3) is 1.04. The second kappa shape index (κ2) is 2.73. The van der Waals surface area contributed by atoms with E-state index in [0.717, 1.165) is 25.7 Å². The van der Waals surface area contributed by atoms with Gasteiger partial charge in [0.2, 0.25) is 0 Å². The Morgan fingerprint density at radius 1 is 1.42 bits per heavy atom. The van der Waals surface area contributed by atoms with Crippen LogP contribution in [0.3, 0.4) is 0 Å². The minimum absolute atomic E-state index is 0.236. The molecular weight excluding hydrogens is 156 g/mol. The van der Waals surface area contributed by atoms with Gasteiger partial charge in [-0.1, -0.05) is 12.8 Å². The zero-order valence-electron chi connectivity index (χ0n) is 7.08. The summed E-state index contributed by atoms with van der Waals surface area (Å²) in [5.74, 6) is -0.908. The Kier molecular flexibility index (Phi) is 1.83. The fourth-order valence-corrected chi connectivity index (χ4v) is 2.56. The number of carbonyl (C=O) groups is 1. The largest absolute Gasteiger partial charge is 0.481 e. The van der Waals surface area contributed by atoms with Crippen LogP contribution >= 0.6 is 0 Å². The maximum atomic E-state index is 10.9. The third-order valence-corrected chi connectivity index (χ3v) is 3.18. The molecule has 3 heteroatoms. The highest BCUT2D eigenvalue weighted by molar-refractivity contribution is 5.72. The molecule has 1 N–H and O–H groups in total. The maximum absolute atomic E-state index is 10.9. The minimum atomic E-state index is -0.672. The van der Waals surface area contributed by atoms with Crippen molar-refractivity contribution < 1.29 is 14.6 Å². The van der Waals surface area contributed by atoms with E-state index in [2.05, 4.69) is 0 Å². The summed E-state index contributed by atoms with van der Waals surface area (Å²) in [7, 11) is 0. The molecule has 1 aliphatic heterocycles. The van der Waals surface area contributed by atoms with E-state index in [9.17, 15) is 4.79 Å². The van der Waals surface area contributed by atoms with Gasteiger partial charge in [0.15, 0.2) is 0 Å². The fraction of sp³-hybridized carbons (Fsp3) is 0.889. The van der Waals surface area contributed by atoms with Gasteiger partial charge in [-0.05, 0) is 19.3 Å². The molecule has 0 aromatic heterocycles. The van der Waals surface area contributed by atoms with Gasteiger partial charge in [0.25, 0.3) is 0 Å². The predicted molar refractivity (Wildman–Crippen MR) is 42.9 cm³/mol. The summed E-state index contributed by atoms with van der Waals surface area (Å²) in [6.45, 7) is 0.636. The first-order valence-corrected chi connectivity index (χ1v) is 4.61. The smallest absolute Gasteiger partial charge is 0.309 e. The quantitative estimate of drug-likeness (QED) is 0.647. The lowest BCUT2D eigenvalue weighted by atomic mass is 9.86. The van der Waals surface area contributed by atoms with Crippen molar-refractivity contribution in [3.8, 4) is 0 Å². The molecule has 12 heavy (non-hydrogen) atoms. The maximum Gasteiger partial charge on any atom is 0.309 e. The molecule has 2 fully saturated rings. The van der Waals surface area contributed by atoms with Crippen LogP contribution in [0.4, 0.5) is 0 Å². The SMILES string of the molecule is O=C(O)C1CCOC12CCCC2. The first-order valence-electron chi connectivity index (χ1n) is 4.61. The van der Waals surface area contributed by atoms with E-state index in [-0.39, 0.29) is 11.5 Å². The Bertz CT molecular complexity index is 188. The van der Waals surface area contributed by atoms with Crippen molar-refractivity contribution in [2.75, 3.05) is 6.61 Å². The second-order valence-corrected chi connectivity index (χ2v) is 3.80. The second-order valence-electron chi connectivity index (χ2n) is 3.80. The summed E-state index contributed by atoms with van der Waals surface area (Å²) in [4.78, 5) is 10.9. The Labute approximate surface area is 71.7 Å². The molecule has 1 spiro atoms. The zero-order valence-corrected chi connectivity index (χ0v) is 7.08. The van der Waals surface area contributed by atoms with Gasteiger partial charge in [-0.25, -0.2) is 0 Å². The van der Waals surface area contributed by atoms with Crippen LogP contribution in [0.25, 0.3) is 0 Å². The molecule has 1 atom stereocenters. The molecular formula is C9H14O3. The van der Waals surface area contributed by atoms with E-state index in [1.165, 1.54) is 0 Å². The van der Waals surface area contributed by atoms with Crippen LogP contribution in [-0.2, 0) is 9.53 Å². The molecule has 1 heterocycles. The van der Waals surface area contributed by atoms with Crippen LogP contribution in [0.5, 0.6) is 0 Å². The van der Waals surface area contributed by atoms with Gasteiger partial charge in [-0.15, -0.1) is 0 Å². The van der Waals surface area contributed by atoms with Crippen LogP contribution in [0.1, 0.15) is 32.1 Å². The average molecular weight is 170 g/mol. The molecule has 3 nitrogen and oxygen atoms in total. The van der Waals surface area contributed by atoms with E-state index >= 15 is 0 Å². The Morgan fingerprint density at radius 3 is 2.67 bits per heavy atom. The Morgan fingerprint density at radius 2 is 2.08 bits per heavy atom. The normalized spacial score (nSPS) is 32.8. The van der Waals surface area contributed by atoms with Gasteiger partial charge in [-0.2, -0.15) is 0 Å². The highest BCUT2D eigenvalue weighted by atomic mass is 16.5. The average Bonchev–Trinajstić information content (AvgIpc) is 2.61. The van der Waals surface area contributed by atoms with E-state index in [0.29, 0.717) is 13.0 Å². The van der Waals surface area contributed by atoms with Gasteiger partial charge < -0.3 is 9.84 Å². The van der Waals surface area contributed by atoms with Crippen LogP contribution in [0.15, 0.2) is 0 Å². The Hall–Kier alpha value is -0.570. The summed E-state index contributed by atoms with van der Waals surface area (Å²) in [5.41, 5.74) is -0.272. The minimum Gasteiger partial charge on any atom is -0.481 e. The van der Waals surface area contributed by atoms with Crippen molar-refractivity contribution in [1.82, 2.24) is 0 Å². The van der Waals surface area contributed by atoms with Crippen LogP contribution in [-0.4, -0.2) is 23.3 Å². The van der Waals surface area contributed by atoms with Gasteiger partial charge in [0.05, 0.1) is 11.5 Å². The molecule has 1 saturated carbocycles. The summed E-state index contributed by atoms with van der Waals surface area (Å²) in [6.07, 6.45) is 4.86. The summed E-state index contributed by atoms with van der Waals surface area (Å²) in [6, 6.07) is 0. The van der Waals surface area contributed by atoms with E-state index in [4.69, 9.17) is 9.84 Å². The first kappa shape index (κ1) is 8.05. The lowest BCUT2D eigenvalue weighted by molar-refractivity contribution is -0.148. The molecule has 0 aromatic carbocycles. The van der Waals surface area contributed by atoms with E-state index in [1.54, 1.807) is 0 Å². The monoisotopic (exact) mass is 170 g/mol. The molecule has 0 amide bonds. The van der Waals surface area contributed by atoms with Crippen molar-refractivity contribution in [3.05, 3.63) is 0 Å². The van der Waals surface area contributed by atoms with Crippen molar-refractivity contribution >= 4 is 5.97 Å². The molecule has 2 rings (SSSR count). The number of hydrogen-bond donors (Lipinski definition) is 1. The summed E-state index contributed by atoms with van der Waals surface area (Å²) < 4.78 is 5.59. The number of aliphatic carboxylic acids is 1.